The van der Waals surface area contributed by atoms with Crippen molar-refractivity contribution in [1.29, 1.82) is 0 Å². The number of esters is 1. The first kappa shape index (κ1) is 19.1. The monoisotopic (exact) mass is 382 g/mol. The maximum Gasteiger partial charge on any atom is 0.305 e. The van der Waals surface area contributed by atoms with Gasteiger partial charge in [-0.2, -0.15) is 0 Å². The lowest BCUT2D eigenvalue weighted by Crippen LogP contribution is -2.06. The minimum Gasteiger partial charge on any atom is -0.469 e. The number of carbonyl (C=O) groups is 1. The van der Waals surface area contributed by atoms with E-state index in [-0.39, 0.29) is 23.4 Å². The van der Waals surface area contributed by atoms with Gasteiger partial charge in [-0.15, -0.1) is 0 Å². The van der Waals surface area contributed by atoms with Crippen LogP contribution in [0.2, 0.25) is 5.02 Å². The van der Waals surface area contributed by atoms with Crippen molar-refractivity contribution in [3.8, 4) is 11.1 Å². The molecule has 0 amide bonds. The molecular formula is C16H9ClF6O2. The smallest absolute Gasteiger partial charge is 0.305 e. The first-order chi connectivity index (χ1) is 11.7. The van der Waals surface area contributed by atoms with Crippen molar-refractivity contribution in [2.45, 2.75) is 12.8 Å². The second-order valence-corrected chi connectivity index (χ2v) is 5.35. The van der Waals surface area contributed by atoms with E-state index < -0.39 is 52.0 Å². The molecule has 0 fully saturated rings. The van der Waals surface area contributed by atoms with E-state index in [9.17, 15) is 31.1 Å². The minimum atomic E-state index is -2.35. The first-order valence-electron chi connectivity index (χ1n) is 6.75. The summed E-state index contributed by atoms with van der Waals surface area (Å²) in [5, 5.41) is -0.172. The van der Waals surface area contributed by atoms with Crippen LogP contribution in [0, 0.1) is 34.9 Å². The van der Waals surface area contributed by atoms with Gasteiger partial charge in [0, 0.05) is 17.0 Å². The molecule has 0 unspecified atom stereocenters. The number of rotatable bonds is 4. The maximum absolute atomic E-state index is 14.1. The fraction of sp³-hybridized carbons (Fsp3) is 0.188. The van der Waals surface area contributed by atoms with Crippen LogP contribution in [0.3, 0.4) is 0 Å². The van der Waals surface area contributed by atoms with E-state index in [1.807, 2.05) is 0 Å². The lowest BCUT2D eigenvalue weighted by molar-refractivity contribution is -0.140. The number of ether oxygens (including phenoxy) is 1. The molecule has 2 rings (SSSR count). The van der Waals surface area contributed by atoms with E-state index in [0.29, 0.717) is 6.07 Å². The minimum absolute atomic E-state index is 0.0763. The van der Waals surface area contributed by atoms with Gasteiger partial charge >= 0.3 is 5.97 Å². The lowest BCUT2D eigenvalue weighted by atomic mass is 9.98. The summed E-state index contributed by atoms with van der Waals surface area (Å²) in [5.41, 5.74) is -2.20. The van der Waals surface area contributed by atoms with Crippen molar-refractivity contribution in [3.05, 3.63) is 57.6 Å². The van der Waals surface area contributed by atoms with Crippen molar-refractivity contribution in [3.63, 3.8) is 0 Å². The van der Waals surface area contributed by atoms with Crippen molar-refractivity contribution in [1.82, 2.24) is 0 Å². The van der Waals surface area contributed by atoms with Crippen molar-refractivity contribution < 1.29 is 35.9 Å². The summed E-state index contributed by atoms with van der Waals surface area (Å²) in [6.45, 7) is 0. The molecule has 0 aliphatic rings. The quantitative estimate of drug-likeness (QED) is 0.324. The van der Waals surface area contributed by atoms with Gasteiger partial charge in [0.2, 0.25) is 5.82 Å². The Kier molecular flexibility index (Phi) is 5.62. The fourth-order valence-electron chi connectivity index (χ4n) is 2.16. The maximum atomic E-state index is 14.1. The Balaban J connectivity index is 2.63. The van der Waals surface area contributed by atoms with Crippen LogP contribution < -0.4 is 0 Å². The van der Waals surface area contributed by atoms with Crippen LogP contribution in [-0.4, -0.2) is 13.1 Å². The van der Waals surface area contributed by atoms with E-state index in [4.69, 9.17) is 11.6 Å². The topological polar surface area (TPSA) is 26.3 Å². The predicted octanol–water partition coefficient (Wildman–Crippen LogP) is 4.95. The van der Waals surface area contributed by atoms with Gasteiger partial charge in [0.1, 0.15) is 5.82 Å². The van der Waals surface area contributed by atoms with Gasteiger partial charge in [-0.05, 0) is 24.1 Å². The molecule has 0 heterocycles. The Bertz CT molecular complexity index is 824. The van der Waals surface area contributed by atoms with Gasteiger partial charge in [0.15, 0.2) is 23.3 Å². The average molecular weight is 383 g/mol. The number of aryl methyl sites for hydroxylation is 1. The number of hydrogen-bond acceptors (Lipinski definition) is 2. The van der Waals surface area contributed by atoms with Crippen molar-refractivity contribution in [2.75, 3.05) is 7.11 Å². The summed E-state index contributed by atoms with van der Waals surface area (Å²) in [4.78, 5) is 11.2. The predicted molar refractivity (Wildman–Crippen MR) is 77.0 cm³/mol. The van der Waals surface area contributed by atoms with Gasteiger partial charge < -0.3 is 4.74 Å². The van der Waals surface area contributed by atoms with Crippen molar-refractivity contribution >= 4 is 17.6 Å². The highest BCUT2D eigenvalue weighted by Crippen LogP contribution is 2.35. The molecular weight excluding hydrogens is 374 g/mol. The number of hydrogen-bond donors (Lipinski definition) is 0. The number of methoxy groups -OCH3 is 1. The molecule has 134 valence electrons. The van der Waals surface area contributed by atoms with Crippen LogP contribution in [0.1, 0.15) is 12.0 Å². The molecule has 0 N–H and O–H groups in total. The largest absolute Gasteiger partial charge is 0.469 e. The Morgan fingerprint density at radius 1 is 0.960 bits per heavy atom. The van der Waals surface area contributed by atoms with E-state index in [1.54, 1.807) is 0 Å². The molecule has 9 heteroatoms. The Morgan fingerprint density at radius 3 is 2.00 bits per heavy atom. The van der Waals surface area contributed by atoms with Gasteiger partial charge in [-0.25, -0.2) is 26.3 Å². The second-order valence-electron chi connectivity index (χ2n) is 4.94. The van der Waals surface area contributed by atoms with E-state index in [0.717, 1.165) is 13.2 Å². The summed E-state index contributed by atoms with van der Waals surface area (Å²) in [7, 11) is 1.13. The van der Waals surface area contributed by atoms with Crippen molar-refractivity contribution in [2.24, 2.45) is 0 Å². The Labute approximate surface area is 143 Å². The van der Waals surface area contributed by atoms with Crippen LogP contribution in [-0.2, 0) is 16.0 Å². The van der Waals surface area contributed by atoms with Crippen LogP contribution in [0.4, 0.5) is 26.3 Å². The highest BCUT2D eigenvalue weighted by molar-refractivity contribution is 6.31. The van der Waals surface area contributed by atoms with Crippen LogP contribution >= 0.6 is 11.6 Å². The molecule has 0 radical (unpaired) electrons. The molecule has 25 heavy (non-hydrogen) atoms. The molecule has 0 bridgehead atoms. The molecule has 0 atom stereocenters. The zero-order chi connectivity index (χ0) is 18.9. The normalized spacial score (nSPS) is 10.9. The average Bonchev–Trinajstić information content (AvgIpc) is 2.58. The highest BCUT2D eigenvalue weighted by Gasteiger charge is 2.28. The van der Waals surface area contributed by atoms with Crippen LogP contribution in [0.5, 0.6) is 0 Å². The highest BCUT2D eigenvalue weighted by atomic mass is 35.5. The SMILES string of the molecule is COC(=O)CCc1cc(-c2c(F)c(F)c(F)c(F)c2F)c(F)cc1Cl. The third-order valence-electron chi connectivity index (χ3n) is 3.44. The van der Waals surface area contributed by atoms with Crippen LogP contribution in [0.15, 0.2) is 12.1 Å². The fourth-order valence-corrected chi connectivity index (χ4v) is 2.40. The lowest BCUT2D eigenvalue weighted by Gasteiger charge is -2.12. The summed E-state index contributed by atoms with van der Waals surface area (Å²) >= 11 is 5.80. The molecule has 0 aliphatic heterocycles. The summed E-state index contributed by atoms with van der Waals surface area (Å²) in [6.07, 6.45) is -0.271. The zero-order valence-electron chi connectivity index (χ0n) is 12.5. The summed E-state index contributed by atoms with van der Waals surface area (Å²) in [6, 6.07) is 1.50. The summed E-state index contributed by atoms with van der Waals surface area (Å²) < 4.78 is 86.0. The van der Waals surface area contributed by atoms with Crippen LogP contribution in [0.25, 0.3) is 11.1 Å². The number of benzene rings is 2. The second kappa shape index (κ2) is 7.35. The Morgan fingerprint density at radius 2 is 1.48 bits per heavy atom. The standard InChI is InChI=1S/C16H9ClF6O2/c1-25-10(24)3-2-6-4-7(9(18)5-8(6)17)11-12(19)14(21)16(23)15(22)13(11)20/h4-5H,2-3H2,1H3. The number of halogens is 7. The molecule has 0 aliphatic carbocycles. The van der Waals surface area contributed by atoms with Gasteiger partial charge in [0.05, 0.1) is 12.7 Å². The zero-order valence-corrected chi connectivity index (χ0v) is 13.3. The molecule has 2 aromatic carbocycles. The molecule has 0 saturated carbocycles. The third-order valence-corrected chi connectivity index (χ3v) is 3.79. The van der Waals surface area contributed by atoms with E-state index >= 15 is 0 Å². The molecule has 0 aromatic heterocycles. The molecule has 0 spiro atoms. The summed E-state index contributed by atoms with van der Waals surface area (Å²) in [5.74, 6) is -13.0. The third kappa shape index (κ3) is 3.58. The number of carbonyl (C=O) groups excluding carboxylic acids is 1. The Hall–Kier alpha value is -2.22. The molecule has 2 nitrogen and oxygen atoms in total. The first-order valence-corrected chi connectivity index (χ1v) is 7.13. The van der Waals surface area contributed by atoms with Gasteiger partial charge in [-0.3, -0.25) is 4.79 Å². The van der Waals surface area contributed by atoms with E-state index in [2.05, 4.69) is 4.74 Å². The van der Waals surface area contributed by atoms with Gasteiger partial charge in [-0.1, -0.05) is 11.6 Å². The van der Waals surface area contributed by atoms with E-state index in [1.165, 1.54) is 0 Å². The molecule has 0 saturated heterocycles. The molecule has 2 aromatic rings. The van der Waals surface area contributed by atoms with Gasteiger partial charge in [0.25, 0.3) is 0 Å².